The molecule has 3 nitrogen and oxygen atoms in total. The Balaban J connectivity index is 2.79. The fourth-order valence-electron chi connectivity index (χ4n) is 2.36. The van der Waals surface area contributed by atoms with Gasteiger partial charge < -0.3 is 9.84 Å². The zero-order chi connectivity index (χ0) is 15.0. The van der Waals surface area contributed by atoms with Crippen LogP contribution in [0.25, 0.3) is 0 Å². The van der Waals surface area contributed by atoms with E-state index in [0.29, 0.717) is 5.92 Å². The van der Waals surface area contributed by atoms with Gasteiger partial charge in [0, 0.05) is 0 Å². The number of esters is 1. The van der Waals surface area contributed by atoms with E-state index in [9.17, 15) is 9.90 Å². The summed E-state index contributed by atoms with van der Waals surface area (Å²) in [5.74, 6) is 0.287. The number of carbonyl (C=O) groups excluding carboxylic acids is 1. The molecule has 1 unspecified atom stereocenters. The van der Waals surface area contributed by atoms with Crippen molar-refractivity contribution in [3.8, 4) is 0 Å². The molecule has 0 aliphatic heterocycles. The second kappa shape index (κ2) is 5.28. The Hall–Kier alpha value is -0.830. The van der Waals surface area contributed by atoms with E-state index in [1.807, 2.05) is 26.8 Å². The minimum absolute atomic E-state index is 0.00234. The van der Waals surface area contributed by atoms with Gasteiger partial charge in [0.05, 0.1) is 11.5 Å². The molecule has 0 spiro atoms. The first kappa shape index (κ1) is 16.2. The van der Waals surface area contributed by atoms with Crippen LogP contribution in [-0.4, -0.2) is 23.8 Å². The van der Waals surface area contributed by atoms with Gasteiger partial charge in [-0.25, -0.2) is 0 Å². The van der Waals surface area contributed by atoms with Crippen molar-refractivity contribution in [1.82, 2.24) is 0 Å². The molecule has 0 radical (unpaired) electrons. The maximum Gasteiger partial charge on any atom is 0.311 e. The predicted molar refractivity (Wildman–Crippen MR) is 76.6 cm³/mol. The molecule has 1 aliphatic carbocycles. The Bertz CT molecular complexity index is 374. The summed E-state index contributed by atoms with van der Waals surface area (Å²) >= 11 is 0. The Labute approximate surface area is 117 Å². The van der Waals surface area contributed by atoms with Gasteiger partial charge in [0.1, 0.15) is 6.61 Å². The van der Waals surface area contributed by atoms with Gasteiger partial charge >= 0.3 is 5.97 Å². The second-order valence-corrected chi connectivity index (χ2v) is 7.39. The van der Waals surface area contributed by atoms with Gasteiger partial charge in [0.15, 0.2) is 0 Å². The molecule has 110 valence electrons. The van der Waals surface area contributed by atoms with Crippen LogP contribution in [-0.2, 0) is 9.53 Å². The first-order chi connectivity index (χ1) is 8.48. The van der Waals surface area contributed by atoms with E-state index in [2.05, 4.69) is 27.7 Å². The highest BCUT2D eigenvalue weighted by Gasteiger charge is 2.41. The van der Waals surface area contributed by atoms with Crippen LogP contribution in [0.4, 0.5) is 0 Å². The SMILES string of the molecule is C[C@@H]1C(COC(=O)C(C)(C)C)=CC(O)[C@H](C)C1(C)C. The van der Waals surface area contributed by atoms with Crippen molar-refractivity contribution in [3.63, 3.8) is 0 Å². The molecule has 0 heterocycles. The highest BCUT2D eigenvalue weighted by Crippen LogP contribution is 2.44. The fourth-order valence-corrected chi connectivity index (χ4v) is 2.36. The monoisotopic (exact) mass is 268 g/mol. The molecule has 1 rings (SSSR count). The summed E-state index contributed by atoms with van der Waals surface area (Å²) in [6, 6.07) is 0. The minimum atomic E-state index is -0.486. The third kappa shape index (κ3) is 3.38. The smallest absolute Gasteiger partial charge is 0.311 e. The van der Waals surface area contributed by atoms with Gasteiger partial charge in [-0.3, -0.25) is 4.79 Å². The summed E-state index contributed by atoms with van der Waals surface area (Å²) in [7, 11) is 0. The molecule has 0 aromatic heterocycles. The van der Waals surface area contributed by atoms with Gasteiger partial charge in [-0.15, -0.1) is 0 Å². The topological polar surface area (TPSA) is 46.5 Å². The highest BCUT2D eigenvalue weighted by atomic mass is 16.5. The first-order valence-electron chi connectivity index (χ1n) is 7.03. The summed E-state index contributed by atoms with van der Waals surface area (Å²) in [6.07, 6.45) is 1.39. The van der Waals surface area contributed by atoms with Crippen LogP contribution in [0.15, 0.2) is 11.6 Å². The van der Waals surface area contributed by atoms with Crippen LogP contribution in [0, 0.1) is 22.7 Å². The fraction of sp³-hybridized carbons (Fsp3) is 0.812. The Morgan fingerprint density at radius 2 is 1.89 bits per heavy atom. The summed E-state index contributed by atoms with van der Waals surface area (Å²) in [5.41, 5.74) is 0.533. The number of hydrogen-bond acceptors (Lipinski definition) is 3. The number of aliphatic hydroxyl groups excluding tert-OH is 1. The maximum atomic E-state index is 11.8. The second-order valence-electron chi connectivity index (χ2n) is 7.39. The standard InChI is InChI=1S/C16H28O3/c1-10-12(9-19-14(18)15(3,4)5)8-13(17)11(2)16(10,6)7/h8,10-11,13,17H,9H2,1-7H3/t10-,11+,13?/m1/s1. The minimum Gasteiger partial charge on any atom is -0.461 e. The molecule has 19 heavy (non-hydrogen) atoms. The third-order valence-electron chi connectivity index (χ3n) is 4.73. The van der Waals surface area contributed by atoms with E-state index in [-0.39, 0.29) is 23.9 Å². The van der Waals surface area contributed by atoms with Crippen molar-refractivity contribution in [2.24, 2.45) is 22.7 Å². The lowest BCUT2D eigenvalue weighted by Gasteiger charge is -2.44. The van der Waals surface area contributed by atoms with E-state index in [0.717, 1.165) is 5.57 Å². The maximum absolute atomic E-state index is 11.8. The van der Waals surface area contributed by atoms with E-state index in [1.54, 1.807) is 0 Å². The van der Waals surface area contributed by atoms with Crippen LogP contribution in [0.5, 0.6) is 0 Å². The summed E-state index contributed by atoms with van der Waals surface area (Å²) in [4.78, 5) is 11.8. The Morgan fingerprint density at radius 1 is 1.37 bits per heavy atom. The Kier molecular flexibility index (Phi) is 4.51. The van der Waals surface area contributed by atoms with Gasteiger partial charge in [-0.2, -0.15) is 0 Å². The normalized spacial score (nSPS) is 30.7. The molecule has 0 amide bonds. The van der Waals surface area contributed by atoms with Crippen LogP contribution in [0.2, 0.25) is 0 Å². The van der Waals surface area contributed by atoms with Crippen LogP contribution in [0.1, 0.15) is 48.5 Å². The lowest BCUT2D eigenvalue weighted by atomic mass is 9.62. The average Bonchev–Trinajstić information content (AvgIpc) is 2.28. The van der Waals surface area contributed by atoms with E-state index in [4.69, 9.17) is 4.74 Å². The number of ether oxygens (including phenoxy) is 1. The zero-order valence-electron chi connectivity index (χ0n) is 13.3. The molecule has 0 aromatic rings. The number of carbonyl (C=O) groups is 1. The highest BCUT2D eigenvalue weighted by molar-refractivity contribution is 5.75. The van der Waals surface area contributed by atoms with E-state index < -0.39 is 11.5 Å². The quantitative estimate of drug-likeness (QED) is 0.618. The molecule has 0 aromatic carbocycles. The van der Waals surface area contributed by atoms with E-state index in [1.165, 1.54) is 0 Å². The molecule has 3 heteroatoms. The van der Waals surface area contributed by atoms with E-state index >= 15 is 0 Å². The third-order valence-corrected chi connectivity index (χ3v) is 4.73. The average molecular weight is 268 g/mol. The lowest BCUT2D eigenvalue weighted by molar-refractivity contribution is -0.152. The number of hydrogen-bond donors (Lipinski definition) is 1. The largest absolute Gasteiger partial charge is 0.461 e. The molecule has 0 fully saturated rings. The molecule has 1 aliphatic rings. The molecule has 0 bridgehead atoms. The van der Waals surface area contributed by atoms with Gasteiger partial charge in [0.25, 0.3) is 0 Å². The molecule has 3 atom stereocenters. The van der Waals surface area contributed by atoms with Gasteiger partial charge in [0.2, 0.25) is 0 Å². The molecule has 1 N–H and O–H groups in total. The summed E-state index contributed by atoms with van der Waals surface area (Å²) in [6.45, 7) is 14.3. The molecule has 0 saturated carbocycles. The van der Waals surface area contributed by atoms with Crippen molar-refractivity contribution in [2.45, 2.75) is 54.6 Å². The zero-order valence-corrected chi connectivity index (χ0v) is 13.3. The van der Waals surface area contributed by atoms with Crippen LogP contribution in [0.3, 0.4) is 0 Å². The van der Waals surface area contributed by atoms with Crippen molar-refractivity contribution in [2.75, 3.05) is 6.61 Å². The van der Waals surface area contributed by atoms with Crippen molar-refractivity contribution >= 4 is 5.97 Å². The van der Waals surface area contributed by atoms with Gasteiger partial charge in [-0.1, -0.05) is 33.8 Å². The number of rotatable bonds is 2. The van der Waals surface area contributed by atoms with Crippen molar-refractivity contribution in [3.05, 3.63) is 11.6 Å². The van der Waals surface area contributed by atoms with Crippen molar-refractivity contribution in [1.29, 1.82) is 0 Å². The van der Waals surface area contributed by atoms with Crippen LogP contribution >= 0.6 is 0 Å². The van der Waals surface area contributed by atoms with Crippen LogP contribution < -0.4 is 0 Å². The number of aliphatic hydroxyl groups is 1. The molecular formula is C16H28O3. The first-order valence-corrected chi connectivity index (χ1v) is 7.03. The molecular weight excluding hydrogens is 240 g/mol. The van der Waals surface area contributed by atoms with Gasteiger partial charge in [-0.05, 0) is 43.6 Å². The molecule has 0 saturated heterocycles. The summed E-state index contributed by atoms with van der Waals surface area (Å²) < 4.78 is 5.37. The summed E-state index contributed by atoms with van der Waals surface area (Å²) in [5, 5.41) is 10.1. The lowest BCUT2D eigenvalue weighted by Crippen LogP contribution is -2.42. The predicted octanol–water partition coefficient (Wildman–Crippen LogP) is 3.18. The Morgan fingerprint density at radius 3 is 2.37 bits per heavy atom. The van der Waals surface area contributed by atoms with Crippen molar-refractivity contribution < 1.29 is 14.6 Å².